The van der Waals surface area contributed by atoms with Gasteiger partial charge in [-0.05, 0) is 44.3 Å². The zero-order valence-corrected chi connectivity index (χ0v) is 12.6. The van der Waals surface area contributed by atoms with Crippen LogP contribution in [0.5, 0.6) is 0 Å². The molecule has 0 unspecified atom stereocenters. The Hall–Kier alpha value is -1.83. The highest BCUT2D eigenvalue weighted by Gasteiger charge is 2.13. The number of carbonyl (C=O) groups excluding carboxylic acids is 1. The fourth-order valence-electron chi connectivity index (χ4n) is 2.40. The van der Waals surface area contributed by atoms with Gasteiger partial charge < -0.3 is 15.1 Å². The highest BCUT2D eigenvalue weighted by Crippen LogP contribution is 2.03. The van der Waals surface area contributed by atoms with E-state index in [0.717, 1.165) is 44.7 Å². The first-order valence-electron chi connectivity index (χ1n) is 7.45. The molecule has 4 heteroatoms. The number of nitrogens with zero attached hydrogens (tertiary/aromatic N) is 2. The van der Waals surface area contributed by atoms with Crippen LogP contribution in [0.15, 0.2) is 24.3 Å². The maximum Gasteiger partial charge on any atom is 0.251 e. The van der Waals surface area contributed by atoms with Gasteiger partial charge in [-0.1, -0.05) is 5.92 Å². The van der Waals surface area contributed by atoms with Crippen molar-refractivity contribution in [3.05, 3.63) is 35.4 Å². The van der Waals surface area contributed by atoms with E-state index in [1.165, 1.54) is 0 Å². The standard InChI is InChI=1S/C17H23N3O/c1-3-15-5-7-16(8-6-15)17(21)18-9-4-10-20-13-11-19(2)12-14-20/h1,5-8H,4,9-14H2,2H3,(H,18,21). The van der Waals surface area contributed by atoms with Gasteiger partial charge in [-0.15, -0.1) is 6.42 Å². The van der Waals surface area contributed by atoms with E-state index in [1.54, 1.807) is 24.3 Å². The lowest BCUT2D eigenvalue weighted by Crippen LogP contribution is -2.45. The predicted molar refractivity (Wildman–Crippen MR) is 85.3 cm³/mol. The summed E-state index contributed by atoms with van der Waals surface area (Å²) in [6.45, 7) is 6.27. The third-order valence-corrected chi connectivity index (χ3v) is 3.85. The molecule has 1 amide bonds. The van der Waals surface area contributed by atoms with Gasteiger partial charge in [0.2, 0.25) is 0 Å². The zero-order valence-electron chi connectivity index (χ0n) is 12.6. The molecule has 1 aliphatic heterocycles. The summed E-state index contributed by atoms with van der Waals surface area (Å²) in [5.74, 6) is 2.51. The predicted octanol–water partition coefficient (Wildman–Crippen LogP) is 1.04. The fraction of sp³-hybridized carbons (Fsp3) is 0.471. The largest absolute Gasteiger partial charge is 0.352 e. The van der Waals surface area contributed by atoms with Crippen molar-refractivity contribution in [3.8, 4) is 12.3 Å². The number of amides is 1. The minimum Gasteiger partial charge on any atom is -0.352 e. The number of hydrogen-bond donors (Lipinski definition) is 1. The summed E-state index contributed by atoms with van der Waals surface area (Å²) in [5, 5.41) is 2.96. The third kappa shape index (κ3) is 4.89. The molecule has 0 aliphatic carbocycles. The van der Waals surface area contributed by atoms with Crippen LogP contribution in [0.1, 0.15) is 22.3 Å². The lowest BCUT2D eigenvalue weighted by Gasteiger charge is -2.32. The first kappa shape index (κ1) is 15.6. The van der Waals surface area contributed by atoms with Gasteiger partial charge in [0, 0.05) is 43.9 Å². The molecule has 0 radical (unpaired) electrons. The summed E-state index contributed by atoms with van der Waals surface area (Å²) in [6, 6.07) is 7.12. The minimum atomic E-state index is -0.0306. The van der Waals surface area contributed by atoms with Gasteiger partial charge in [0.15, 0.2) is 0 Å². The molecule has 1 aromatic rings. The van der Waals surface area contributed by atoms with Crippen molar-refractivity contribution in [1.82, 2.24) is 15.1 Å². The first-order valence-corrected chi connectivity index (χ1v) is 7.45. The average Bonchev–Trinajstić information content (AvgIpc) is 2.53. The van der Waals surface area contributed by atoms with Crippen LogP contribution in [0, 0.1) is 12.3 Å². The molecule has 1 heterocycles. The summed E-state index contributed by atoms with van der Waals surface area (Å²) in [7, 11) is 2.16. The van der Waals surface area contributed by atoms with Crippen molar-refractivity contribution in [2.24, 2.45) is 0 Å². The molecule has 0 atom stereocenters. The molecule has 1 fully saturated rings. The Labute approximate surface area is 127 Å². The number of rotatable bonds is 5. The summed E-state index contributed by atoms with van der Waals surface area (Å²) in [6.07, 6.45) is 6.28. The molecule has 4 nitrogen and oxygen atoms in total. The molecule has 0 spiro atoms. The molecule has 0 aromatic heterocycles. The van der Waals surface area contributed by atoms with E-state index in [9.17, 15) is 4.79 Å². The van der Waals surface area contributed by atoms with Crippen molar-refractivity contribution in [1.29, 1.82) is 0 Å². The van der Waals surface area contributed by atoms with Crippen LogP contribution in [-0.2, 0) is 0 Å². The second-order valence-electron chi connectivity index (χ2n) is 5.48. The van der Waals surface area contributed by atoms with Crippen LogP contribution in [-0.4, -0.2) is 62.0 Å². The van der Waals surface area contributed by atoms with E-state index in [0.29, 0.717) is 12.1 Å². The Morgan fingerprint density at radius 1 is 1.24 bits per heavy atom. The molecular weight excluding hydrogens is 262 g/mol. The summed E-state index contributed by atoms with van der Waals surface area (Å²) in [5.41, 5.74) is 1.45. The Balaban J connectivity index is 1.66. The molecule has 2 rings (SSSR count). The number of nitrogens with one attached hydrogen (secondary N) is 1. The van der Waals surface area contributed by atoms with E-state index >= 15 is 0 Å². The highest BCUT2D eigenvalue weighted by molar-refractivity contribution is 5.94. The number of likely N-dealkylation sites (N-methyl/N-ethyl adjacent to an activating group) is 1. The zero-order chi connectivity index (χ0) is 15.1. The molecule has 0 bridgehead atoms. The van der Waals surface area contributed by atoms with Gasteiger partial charge in [0.25, 0.3) is 5.91 Å². The summed E-state index contributed by atoms with van der Waals surface area (Å²) < 4.78 is 0. The van der Waals surface area contributed by atoms with E-state index < -0.39 is 0 Å². The second kappa shape index (κ2) is 7.82. The summed E-state index contributed by atoms with van der Waals surface area (Å²) >= 11 is 0. The minimum absolute atomic E-state index is 0.0306. The van der Waals surface area contributed by atoms with Crippen LogP contribution >= 0.6 is 0 Å². The maximum atomic E-state index is 12.0. The van der Waals surface area contributed by atoms with Crippen molar-refractivity contribution in [2.75, 3.05) is 46.3 Å². The van der Waals surface area contributed by atoms with Crippen LogP contribution in [0.2, 0.25) is 0 Å². The number of piperazine rings is 1. The molecular formula is C17H23N3O. The maximum absolute atomic E-state index is 12.0. The van der Waals surface area contributed by atoms with Gasteiger partial charge in [-0.25, -0.2) is 0 Å². The number of carbonyl (C=O) groups is 1. The molecule has 1 N–H and O–H groups in total. The molecule has 1 saturated heterocycles. The lowest BCUT2D eigenvalue weighted by atomic mass is 10.1. The third-order valence-electron chi connectivity index (χ3n) is 3.85. The van der Waals surface area contributed by atoms with Crippen LogP contribution in [0.3, 0.4) is 0 Å². The quantitative estimate of drug-likeness (QED) is 0.648. The van der Waals surface area contributed by atoms with Gasteiger partial charge in [-0.2, -0.15) is 0 Å². The van der Waals surface area contributed by atoms with Gasteiger partial charge >= 0.3 is 0 Å². The van der Waals surface area contributed by atoms with Crippen molar-refractivity contribution in [2.45, 2.75) is 6.42 Å². The normalized spacial score (nSPS) is 16.4. The summed E-state index contributed by atoms with van der Waals surface area (Å²) in [4.78, 5) is 16.8. The second-order valence-corrected chi connectivity index (χ2v) is 5.48. The average molecular weight is 285 g/mol. The fourth-order valence-corrected chi connectivity index (χ4v) is 2.40. The molecule has 1 aromatic carbocycles. The van der Waals surface area contributed by atoms with Crippen LogP contribution < -0.4 is 5.32 Å². The smallest absolute Gasteiger partial charge is 0.251 e. The topological polar surface area (TPSA) is 35.6 Å². The molecule has 21 heavy (non-hydrogen) atoms. The Morgan fingerprint density at radius 2 is 1.90 bits per heavy atom. The van der Waals surface area contributed by atoms with E-state index in [-0.39, 0.29) is 5.91 Å². The van der Waals surface area contributed by atoms with Crippen molar-refractivity contribution < 1.29 is 4.79 Å². The van der Waals surface area contributed by atoms with Gasteiger partial charge in [0.1, 0.15) is 0 Å². The Morgan fingerprint density at radius 3 is 2.52 bits per heavy atom. The van der Waals surface area contributed by atoms with Crippen LogP contribution in [0.25, 0.3) is 0 Å². The lowest BCUT2D eigenvalue weighted by molar-refractivity contribution is 0.0949. The van der Waals surface area contributed by atoms with E-state index in [1.807, 2.05) is 0 Å². The SMILES string of the molecule is C#Cc1ccc(C(=O)NCCCN2CCN(C)CC2)cc1. The van der Waals surface area contributed by atoms with Crippen LogP contribution in [0.4, 0.5) is 0 Å². The number of hydrogen-bond acceptors (Lipinski definition) is 3. The number of terminal acetylenes is 1. The monoisotopic (exact) mass is 285 g/mol. The molecule has 1 aliphatic rings. The van der Waals surface area contributed by atoms with Gasteiger partial charge in [-0.3, -0.25) is 4.79 Å². The van der Waals surface area contributed by atoms with E-state index in [4.69, 9.17) is 6.42 Å². The van der Waals surface area contributed by atoms with Crippen molar-refractivity contribution in [3.63, 3.8) is 0 Å². The molecule has 0 saturated carbocycles. The Bertz CT molecular complexity index is 496. The van der Waals surface area contributed by atoms with E-state index in [2.05, 4.69) is 28.1 Å². The number of benzene rings is 1. The van der Waals surface area contributed by atoms with Gasteiger partial charge in [0.05, 0.1) is 0 Å². The highest BCUT2D eigenvalue weighted by atomic mass is 16.1. The Kier molecular flexibility index (Phi) is 5.79. The first-order chi connectivity index (χ1) is 10.2. The molecule has 112 valence electrons. The van der Waals surface area contributed by atoms with Crippen molar-refractivity contribution >= 4 is 5.91 Å².